The van der Waals surface area contributed by atoms with Crippen LogP contribution in [0.1, 0.15) is 23.2 Å². The molecule has 1 aromatic heterocycles. The molecule has 35 heavy (non-hydrogen) atoms. The van der Waals surface area contributed by atoms with E-state index in [1.54, 1.807) is 40.9 Å². The number of hydrogen-bond donors (Lipinski definition) is 0. The van der Waals surface area contributed by atoms with Crippen LogP contribution in [0.2, 0.25) is 0 Å². The second-order valence-electron chi connectivity index (χ2n) is 8.41. The minimum Gasteiger partial charge on any atom is -0.379 e. The van der Waals surface area contributed by atoms with Gasteiger partial charge in [0.15, 0.2) is 5.13 Å². The summed E-state index contributed by atoms with van der Waals surface area (Å²) in [4.78, 5) is 49.4. The maximum atomic E-state index is 13.8. The molecule has 2 aliphatic heterocycles. The van der Waals surface area contributed by atoms with E-state index in [2.05, 4.69) is 11.0 Å². The highest BCUT2D eigenvalue weighted by atomic mass is 32.2. The number of rotatable bonds is 7. The number of amides is 3. The van der Waals surface area contributed by atoms with Crippen LogP contribution in [0.4, 0.5) is 10.8 Å². The molecule has 3 amide bonds. The van der Waals surface area contributed by atoms with E-state index in [9.17, 15) is 14.4 Å². The third-order valence-corrected chi connectivity index (χ3v) is 7.97. The summed E-state index contributed by atoms with van der Waals surface area (Å²) in [6.07, 6.45) is 2.43. The van der Waals surface area contributed by atoms with Crippen molar-refractivity contribution >= 4 is 61.9 Å². The van der Waals surface area contributed by atoms with Gasteiger partial charge >= 0.3 is 0 Å². The van der Waals surface area contributed by atoms with E-state index in [0.29, 0.717) is 42.7 Å². The van der Waals surface area contributed by atoms with Crippen molar-refractivity contribution in [2.45, 2.75) is 17.7 Å². The molecule has 0 atom stereocenters. The van der Waals surface area contributed by atoms with E-state index in [-0.39, 0.29) is 30.6 Å². The number of carbonyl (C=O) groups excluding carboxylic acids is 3. The molecule has 3 heterocycles. The van der Waals surface area contributed by atoms with Crippen LogP contribution in [0.15, 0.2) is 47.4 Å². The Morgan fingerprint density at radius 3 is 2.63 bits per heavy atom. The van der Waals surface area contributed by atoms with Gasteiger partial charge in [0.05, 0.1) is 29.1 Å². The first-order chi connectivity index (χ1) is 17.0. The van der Waals surface area contributed by atoms with E-state index < -0.39 is 0 Å². The third-order valence-electron chi connectivity index (χ3n) is 6.21. The van der Waals surface area contributed by atoms with E-state index in [0.717, 1.165) is 28.2 Å². The Balaban J connectivity index is 1.46. The van der Waals surface area contributed by atoms with Gasteiger partial charge in [-0.2, -0.15) is 0 Å². The molecule has 5 rings (SSSR count). The van der Waals surface area contributed by atoms with E-state index >= 15 is 0 Å². The molecule has 2 aromatic carbocycles. The number of aromatic nitrogens is 1. The minimum absolute atomic E-state index is 0.201. The van der Waals surface area contributed by atoms with Crippen LogP contribution < -0.4 is 9.80 Å². The topological polar surface area (TPSA) is 83.1 Å². The number of ether oxygens (including phenoxy) is 1. The molecule has 182 valence electrons. The molecule has 0 radical (unpaired) electrons. The lowest BCUT2D eigenvalue weighted by Gasteiger charge is -2.29. The third kappa shape index (κ3) is 5.11. The highest BCUT2D eigenvalue weighted by Gasteiger charge is 2.31. The van der Waals surface area contributed by atoms with Crippen molar-refractivity contribution in [2.24, 2.45) is 0 Å². The zero-order valence-corrected chi connectivity index (χ0v) is 21.1. The fourth-order valence-electron chi connectivity index (χ4n) is 4.28. The van der Waals surface area contributed by atoms with Crippen LogP contribution in [0.5, 0.6) is 0 Å². The molecule has 10 heteroatoms. The lowest BCUT2D eigenvalue weighted by molar-refractivity contribution is -0.121. The van der Waals surface area contributed by atoms with Crippen LogP contribution in [-0.2, 0) is 14.3 Å². The van der Waals surface area contributed by atoms with E-state index in [4.69, 9.17) is 9.72 Å². The first-order valence-electron chi connectivity index (χ1n) is 11.6. The number of anilines is 2. The minimum atomic E-state index is -0.237. The van der Waals surface area contributed by atoms with Crippen molar-refractivity contribution in [1.82, 2.24) is 9.88 Å². The number of thioether (sulfide) groups is 1. The number of benzene rings is 2. The van der Waals surface area contributed by atoms with E-state index in [1.165, 1.54) is 16.2 Å². The van der Waals surface area contributed by atoms with Crippen LogP contribution in [-0.4, -0.2) is 73.3 Å². The van der Waals surface area contributed by atoms with Crippen molar-refractivity contribution < 1.29 is 19.1 Å². The smallest absolute Gasteiger partial charge is 0.260 e. The largest absolute Gasteiger partial charge is 0.379 e. The van der Waals surface area contributed by atoms with Gasteiger partial charge in [-0.05, 0) is 42.7 Å². The predicted molar refractivity (Wildman–Crippen MR) is 139 cm³/mol. The second-order valence-corrected chi connectivity index (χ2v) is 10.3. The van der Waals surface area contributed by atoms with Gasteiger partial charge in [-0.3, -0.25) is 29.1 Å². The van der Waals surface area contributed by atoms with Crippen LogP contribution >= 0.6 is 23.1 Å². The number of fused-ring (bicyclic) bond motifs is 1. The number of carbonyl (C=O) groups is 3. The number of imide groups is 1. The first kappa shape index (κ1) is 23.9. The average molecular weight is 511 g/mol. The lowest BCUT2D eigenvalue weighted by atomic mass is 10.1. The Hall–Kier alpha value is -2.79. The molecule has 0 saturated carbocycles. The summed E-state index contributed by atoms with van der Waals surface area (Å²) in [5.41, 5.74) is 1.71. The molecule has 0 unspecified atom stereocenters. The van der Waals surface area contributed by atoms with Crippen molar-refractivity contribution in [3.63, 3.8) is 0 Å². The summed E-state index contributed by atoms with van der Waals surface area (Å²) in [5.74, 6) is -0.678. The zero-order chi connectivity index (χ0) is 24.4. The zero-order valence-electron chi connectivity index (χ0n) is 19.4. The number of hydrogen-bond acceptors (Lipinski definition) is 8. The van der Waals surface area contributed by atoms with Gasteiger partial charge in [-0.15, -0.1) is 11.8 Å². The fourth-order valence-corrected chi connectivity index (χ4v) is 5.83. The SMILES string of the molecule is CSc1ccc2nc(N(CCN3CCOCC3)C(=O)c3cccc(N4C(=O)CCC4=O)c3)sc2c1. The molecule has 3 aromatic rings. The quantitative estimate of drug-likeness (QED) is 0.354. The maximum absolute atomic E-state index is 13.8. The highest BCUT2D eigenvalue weighted by molar-refractivity contribution is 7.98. The van der Waals surface area contributed by atoms with Crippen LogP contribution in [0, 0.1) is 0 Å². The molecule has 0 aliphatic carbocycles. The van der Waals surface area contributed by atoms with Gasteiger partial charge in [-0.1, -0.05) is 17.4 Å². The molecule has 2 aliphatic rings. The Labute approximate surface area is 211 Å². The Bertz CT molecular complexity index is 1260. The van der Waals surface area contributed by atoms with Crippen molar-refractivity contribution in [1.29, 1.82) is 0 Å². The van der Waals surface area contributed by atoms with Gasteiger partial charge in [0.25, 0.3) is 5.91 Å². The summed E-state index contributed by atoms with van der Waals surface area (Å²) >= 11 is 3.16. The first-order valence-corrected chi connectivity index (χ1v) is 13.6. The molecule has 2 fully saturated rings. The number of thiazole rings is 1. The highest BCUT2D eigenvalue weighted by Crippen LogP contribution is 2.33. The summed E-state index contributed by atoms with van der Waals surface area (Å²) < 4.78 is 6.48. The van der Waals surface area contributed by atoms with Gasteiger partial charge in [0, 0.05) is 49.5 Å². The fraction of sp³-hybridized carbons (Fsp3) is 0.360. The van der Waals surface area contributed by atoms with E-state index in [1.807, 2.05) is 18.4 Å². The lowest BCUT2D eigenvalue weighted by Crippen LogP contribution is -2.43. The molecule has 0 bridgehead atoms. The van der Waals surface area contributed by atoms with Crippen LogP contribution in [0.3, 0.4) is 0 Å². The van der Waals surface area contributed by atoms with Crippen LogP contribution in [0.25, 0.3) is 10.2 Å². The van der Waals surface area contributed by atoms with Crippen molar-refractivity contribution in [3.8, 4) is 0 Å². The van der Waals surface area contributed by atoms with Gasteiger partial charge in [0.2, 0.25) is 11.8 Å². The monoisotopic (exact) mass is 510 g/mol. The Kier molecular flexibility index (Phi) is 7.14. The predicted octanol–water partition coefficient (Wildman–Crippen LogP) is 3.65. The van der Waals surface area contributed by atoms with Crippen molar-refractivity contribution in [3.05, 3.63) is 48.0 Å². The molecule has 0 N–H and O–H groups in total. The molecule has 0 spiro atoms. The second kappa shape index (κ2) is 10.4. The Morgan fingerprint density at radius 1 is 1.11 bits per heavy atom. The standard InChI is InChI=1S/C25H26N4O4S2/c1-34-19-5-6-20-21(16-19)35-25(26-20)28(10-9-27-11-13-33-14-12-27)24(32)17-3-2-4-18(15-17)29-22(30)7-8-23(29)31/h2-6,15-16H,7-14H2,1H3. The Morgan fingerprint density at radius 2 is 1.89 bits per heavy atom. The molecule has 2 saturated heterocycles. The van der Waals surface area contributed by atoms with Gasteiger partial charge < -0.3 is 4.74 Å². The molecular weight excluding hydrogens is 484 g/mol. The number of nitrogens with zero attached hydrogens (tertiary/aromatic N) is 4. The van der Waals surface area contributed by atoms with Crippen molar-refractivity contribution in [2.75, 3.05) is 55.4 Å². The summed E-state index contributed by atoms with van der Waals surface area (Å²) in [7, 11) is 0. The summed E-state index contributed by atoms with van der Waals surface area (Å²) in [6, 6.07) is 12.9. The molecule has 8 nitrogen and oxygen atoms in total. The van der Waals surface area contributed by atoms with Gasteiger partial charge in [-0.25, -0.2) is 4.98 Å². The number of morpholine rings is 1. The normalized spacial score (nSPS) is 16.9. The average Bonchev–Trinajstić information content (AvgIpc) is 3.46. The van der Waals surface area contributed by atoms with Gasteiger partial charge in [0.1, 0.15) is 0 Å². The molecular formula is C25H26N4O4S2. The summed E-state index contributed by atoms with van der Waals surface area (Å²) in [5, 5.41) is 0.634. The maximum Gasteiger partial charge on any atom is 0.260 e. The summed E-state index contributed by atoms with van der Waals surface area (Å²) in [6.45, 7) is 4.20.